The van der Waals surface area contributed by atoms with Crippen LogP contribution in [0.5, 0.6) is 0 Å². The molecule has 1 saturated carbocycles. The molecule has 1 aromatic rings. The Labute approximate surface area is 164 Å². The molecule has 1 saturated heterocycles. The number of halogens is 4. The van der Waals surface area contributed by atoms with Crippen molar-refractivity contribution in [2.45, 2.75) is 63.3 Å². The van der Waals surface area contributed by atoms with E-state index in [1.165, 1.54) is 0 Å². The predicted octanol–water partition coefficient (Wildman–Crippen LogP) is 4.11. The molecule has 1 aliphatic carbocycles. The topological polar surface area (TPSA) is 55.4 Å². The zero-order valence-electron chi connectivity index (χ0n) is 15.1. The molecule has 1 heterocycles. The van der Waals surface area contributed by atoms with Gasteiger partial charge in [-0.3, -0.25) is 9.59 Å². The van der Waals surface area contributed by atoms with Gasteiger partial charge in [0, 0.05) is 4.47 Å². The third kappa shape index (κ3) is 4.06. The molecule has 0 radical (unpaired) electrons. The Morgan fingerprint density at radius 3 is 2.26 bits per heavy atom. The largest absolute Gasteiger partial charge is 0.411 e. The normalized spacial score (nSPS) is 28.7. The van der Waals surface area contributed by atoms with Crippen molar-refractivity contribution < 1.29 is 27.5 Å². The fraction of sp³-hybridized carbons (Fsp3) is 0.579. The number of Topliss-reactive ketones (excluding diaryl/α,β-unsaturated/α-hetero) is 1. The first kappa shape index (κ1) is 20.3. The second-order valence-corrected chi connectivity index (χ2v) is 8.36. The van der Waals surface area contributed by atoms with Gasteiger partial charge in [-0.1, -0.05) is 15.9 Å². The lowest BCUT2D eigenvalue weighted by molar-refractivity contribution is -0.189. The quantitative estimate of drug-likeness (QED) is 0.709. The molecule has 1 aliphatic heterocycles. The van der Waals surface area contributed by atoms with E-state index in [9.17, 15) is 22.8 Å². The summed E-state index contributed by atoms with van der Waals surface area (Å²) in [5.41, 5.74) is 1.43. The second-order valence-electron chi connectivity index (χ2n) is 7.45. The van der Waals surface area contributed by atoms with Crippen molar-refractivity contribution in [3.8, 4) is 0 Å². The maximum absolute atomic E-state index is 13.2. The lowest BCUT2D eigenvalue weighted by Gasteiger charge is -2.35. The average Bonchev–Trinajstić information content (AvgIpc) is 2.77. The fourth-order valence-corrected chi connectivity index (χ4v) is 4.93. The molecule has 148 valence electrons. The number of benzene rings is 1. The van der Waals surface area contributed by atoms with Gasteiger partial charge in [0.1, 0.15) is 12.5 Å². The van der Waals surface area contributed by atoms with E-state index in [0.717, 1.165) is 15.6 Å². The Morgan fingerprint density at radius 2 is 1.74 bits per heavy atom. The third-order valence-electron chi connectivity index (χ3n) is 5.47. The maximum Gasteiger partial charge on any atom is 0.411 e. The zero-order valence-corrected chi connectivity index (χ0v) is 16.7. The van der Waals surface area contributed by atoms with Gasteiger partial charge in [0.25, 0.3) is 0 Å². The summed E-state index contributed by atoms with van der Waals surface area (Å²) in [5, 5.41) is 2.85. The number of ether oxygens (including phenoxy) is 1. The molecule has 1 spiro atoms. The summed E-state index contributed by atoms with van der Waals surface area (Å²) in [5.74, 6) is -1.38. The number of alkyl halides is 3. The fourth-order valence-electron chi connectivity index (χ4n) is 4.24. The van der Waals surface area contributed by atoms with Crippen molar-refractivity contribution in [2.75, 3.05) is 6.61 Å². The third-order valence-corrected chi connectivity index (χ3v) is 5.93. The Hall–Kier alpha value is -1.41. The van der Waals surface area contributed by atoms with Crippen LogP contribution in [0.1, 0.15) is 48.3 Å². The molecule has 8 heteroatoms. The summed E-state index contributed by atoms with van der Waals surface area (Å²) in [6.07, 6.45) is -3.69. The summed E-state index contributed by atoms with van der Waals surface area (Å²) in [7, 11) is 0. The van der Waals surface area contributed by atoms with Crippen molar-refractivity contribution in [1.29, 1.82) is 0 Å². The lowest BCUT2D eigenvalue weighted by Crippen LogP contribution is -2.50. The van der Waals surface area contributed by atoms with Crippen molar-refractivity contribution >= 4 is 27.6 Å². The van der Waals surface area contributed by atoms with Crippen molar-refractivity contribution in [3.05, 3.63) is 33.3 Å². The second kappa shape index (κ2) is 7.20. The Balaban J connectivity index is 1.76. The van der Waals surface area contributed by atoms with Crippen molar-refractivity contribution in [1.82, 2.24) is 5.32 Å². The molecule has 1 aromatic carbocycles. The zero-order chi connectivity index (χ0) is 20.0. The van der Waals surface area contributed by atoms with E-state index in [4.69, 9.17) is 4.74 Å². The first-order valence-corrected chi connectivity index (χ1v) is 9.63. The van der Waals surface area contributed by atoms with Gasteiger partial charge in [0.05, 0.1) is 11.6 Å². The number of aryl methyl sites for hydroxylation is 2. The number of carbonyl (C=O) groups excluding carboxylic acids is 2. The molecule has 0 aromatic heterocycles. The molecule has 2 aliphatic rings. The van der Waals surface area contributed by atoms with Crippen LogP contribution in [0.3, 0.4) is 0 Å². The highest BCUT2D eigenvalue weighted by atomic mass is 79.9. The molecule has 4 nitrogen and oxygen atoms in total. The van der Waals surface area contributed by atoms with E-state index in [1.807, 2.05) is 26.0 Å². The van der Waals surface area contributed by atoms with E-state index in [0.29, 0.717) is 31.2 Å². The van der Waals surface area contributed by atoms with Gasteiger partial charge < -0.3 is 10.1 Å². The average molecular weight is 448 g/mol. The Bertz CT molecular complexity index is 747. The van der Waals surface area contributed by atoms with E-state index in [-0.39, 0.29) is 11.7 Å². The van der Waals surface area contributed by atoms with E-state index in [2.05, 4.69) is 21.2 Å². The first-order chi connectivity index (χ1) is 12.5. The summed E-state index contributed by atoms with van der Waals surface area (Å²) >= 11 is 3.41. The molecule has 3 rings (SSSR count). The van der Waals surface area contributed by atoms with Crippen LogP contribution >= 0.6 is 15.9 Å². The SMILES string of the molecule is Cc1cc(Br)cc(C)c1C1C(=O)NC2(CCC(OCC(F)(F)F)CC2)C1=O. The van der Waals surface area contributed by atoms with Gasteiger partial charge in [-0.15, -0.1) is 0 Å². The van der Waals surface area contributed by atoms with Crippen LogP contribution in [0.15, 0.2) is 16.6 Å². The van der Waals surface area contributed by atoms with Gasteiger partial charge >= 0.3 is 6.18 Å². The minimum Gasteiger partial charge on any atom is -0.369 e. The highest BCUT2D eigenvalue weighted by Gasteiger charge is 2.54. The van der Waals surface area contributed by atoms with Gasteiger partial charge in [-0.25, -0.2) is 0 Å². The molecule has 1 N–H and O–H groups in total. The molecule has 2 fully saturated rings. The summed E-state index contributed by atoms with van der Waals surface area (Å²) in [6, 6.07) is 3.74. The lowest BCUT2D eigenvalue weighted by atomic mass is 9.75. The maximum atomic E-state index is 13.2. The van der Waals surface area contributed by atoms with Crippen molar-refractivity contribution in [3.63, 3.8) is 0 Å². The first-order valence-electron chi connectivity index (χ1n) is 8.84. The number of hydrogen-bond donors (Lipinski definition) is 1. The molecule has 1 atom stereocenters. The van der Waals surface area contributed by atoms with E-state index >= 15 is 0 Å². The number of nitrogens with one attached hydrogen (secondary N) is 1. The van der Waals surface area contributed by atoms with Crippen molar-refractivity contribution in [2.24, 2.45) is 0 Å². The number of carbonyl (C=O) groups is 2. The summed E-state index contributed by atoms with van der Waals surface area (Å²) < 4.78 is 42.8. The van der Waals surface area contributed by atoms with E-state index in [1.54, 1.807) is 0 Å². The van der Waals surface area contributed by atoms with E-state index < -0.39 is 30.3 Å². The van der Waals surface area contributed by atoms with Gasteiger partial charge in [-0.05, 0) is 68.4 Å². The Kier molecular flexibility index (Phi) is 5.42. The monoisotopic (exact) mass is 447 g/mol. The molecule has 1 unspecified atom stereocenters. The van der Waals surface area contributed by atoms with Crippen LogP contribution in [0, 0.1) is 13.8 Å². The van der Waals surface area contributed by atoms with Crippen LogP contribution < -0.4 is 5.32 Å². The van der Waals surface area contributed by atoms with Gasteiger partial charge in [-0.2, -0.15) is 13.2 Å². The summed E-state index contributed by atoms with van der Waals surface area (Å²) in [4.78, 5) is 25.9. The van der Waals surface area contributed by atoms with Gasteiger partial charge in [0.15, 0.2) is 5.78 Å². The van der Waals surface area contributed by atoms with Gasteiger partial charge in [0.2, 0.25) is 5.91 Å². The molecule has 0 bridgehead atoms. The van der Waals surface area contributed by atoms with Crippen LogP contribution in [-0.4, -0.2) is 36.1 Å². The number of hydrogen-bond acceptors (Lipinski definition) is 3. The van der Waals surface area contributed by atoms with Crippen LogP contribution in [0.4, 0.5) is 13.2 Å². The van der Waals surface area contributed by atoms with Crippen LogP contribution in [-0.2, 0) is 14.3 Å². The number of rotatable bonds is 3. The highest BCUT2D eigenvalue weighted by Crippen LogP contribution is 2.42. The summed E-state index contributed by atoms with van der Waals surface area (Å²) in [6.45, 7) is 2.44. The van der Waals surface area contributed by atoms with Crippen LogP contribution in [0.2, 0.25) is 0 Å². The molecule has 1 amide bonds. The standard InChI is InChI=1S/C19H21BrF3NO3/c1-10-7-12(20)8-11(2)14(10)15-16(25)18(24-17(15)26)5-3-13(4-6-18)27-9-19(21,22)23/h7-8,13,15H,3-6,9H2,1-2H3,(H,24,26). The molecular weight excluding hydrogens is 427 g/mol. The Morgan fingerprint density at radius 1 is 1.19 bits per heavy atom. The minimum atomic E-state index is -4.37. The highest BCUT2D eigenvalue weighted by molar-refractivity contribution is 9.10. The van der Waals surface area contributed by atoms with Crippen LogP contribution in [0.25, 0.3) is 0 Å². The smallest absolute Gasteiger partial charge is 0.369 e. The predicted molar refractivity (Wildman–Crippen MR) is 96.5 cm³/mol. The molecule has 27 heavy (non-hydrogen) atoms. The number of ketones is 1. The minimum absolute atomic E-state index is 0.185. The number of amides is 1. The molecular formula is C19H21BrF3NO3.